The Morgan fingerprint density at radius 3 is 2.50 bits per heavy atom. The minimum Gasteiger partial charge on any atom is -0.469 e. The summed E-state index contributed by atoms with van der Waals surface area (Å²) in [4.78, 5) is 37.0. The first kappa shape index (κ1) is 25.6. The highest BCUT2D eigenvalue weighted by atomic mass is 16.7. The van der Waals surface area contributed by atoms with E-state index < -0.39 is 40.0 Å². The van der Waals surface area contributed by atoms with Crippen molar-refractivity contribution in [2.24, 2.45) is 5.92 Å². The van der Waals surface area contributed by atoms with Gasteiger partial charge < -0.3 is 24.3 Å². The molecule has 2 aliphatic heterocycles. The van der Waals surface area contributed by atoms with Crippen LogP contribution in [0.15, 0.2) is 35.5 Å². The molecule has 4 unspecified atom stereocenters. The zero-order valence-electron chi connectivity index (χ0n) is 20.4. The molecule has 1 saturated heterocycles. The molecule has 0 aromatic heterocycles. The molecule has 34 heavy (non-hydrogen) atoms. The Morgan fingerprint density at radius 2 is 1.94 bits per heavy atom. The van der Waals surface area contributed by atoms with Gasteiger partial charge in [0.05, 0.1) is 43.3 Å². The van der Waals surface area contributed by atoms with E-state index in [-0.39, 0.29) is 17.4 Å². The molecule has 0 spiro atoms. The van der Waals surface area contributed by atoms with Gasteiger partial charge in [0.2, 0.25) is 0 Å². The lowest BCUT2D eigenvalue weighted by Gasteiger charge is -2.47. The summed E-state index contributed by atoms with van der Waals surface area (Å²) >= 11 is 0. The minimum absolute atomic E-state index is 0.137. The van der Waals surface area contributed by atoms with Gasteiger partial charge in [0, 0.05) is 29.3 Å². The summed E-state index contributed by atoms with van der Waals surface area (Å²) in [5.74, 6) is -3.51. The van der Waals surface area contributed by atoms with Crippen LogP contribution < -0.4 is 5.32 Å². The van der Waals surface area contributed by atoms with Crippen LogP contribution in [0.25, 0.3) is 0 Å². The van der Waals surface area contributed by atoms with E-state index in [0.717, 1.165) is 0 Å². The van der Waals surface area contributed by atoms with Crippen LogP contribution >= 0.6 is 0 Å². The highest BCUT2D eigenvalue weighted by molar-refractivity contribution is 5.93. The molecule has 0 amide bonds. The van der Waals surface area contributed by atoms with Crippen molar-refractivity contribution in [2.45, 2.75) is 63.9 Å². The number of nitro groups is 1. The van der Waals surface area contributed by atoms with E-state index in [1.807, 2.05) is 20.8 Å². The topological polar surface area (TPSA) is 126 Å². The van der Waals surface area contributed by atoms with Gasteiger partial charge in [-0.25, -0.2) is 4.79 Å². The lowest BCUT2D eigenvalue weighted by molar-refractivity contribution is -0.384. The summed E-state index contributed by atoms with van der Waals surface area (Å²) in [5, 5.41) is 14.8. The average molecular weight is 477 g/mol. The monoisotopic (exact) mass is 476 g/mol. The standard InChI is InChI=1S/C24H32N2O8/c1-14-18(21(27)31-5)19(15-8-7-9-16(12-15)26(29)30)20(22(28)32-6)24(4,25-14)11-10-17-13-33-23(2,3)34-17/h7-9,12,17,19-20,25H,10-11,13H2,1-6H3. The van der Waals surface area contributed by atoms with Crippen molar-refractivity contribution >= 4 is 17.6 Å². The fourth-order valence-electron chi connectivity index (χ4n) is 5.03. The number of carbonyl (C=O) groups is 2. The van der Waals surface area contributed by atoms with Crippen LogP contribution in [0.3, 0.4) is 0 Å². The minimum atomic E-state index is -0.868. The van der Waals surface area contributed by atoms with Gasteiger partial charge in [-0.05, 0) is 46.1 Å². The van der Waals surface area contributed by atoms with Crippen molar-refractivity contribution in [3.63, 3.8) is 0 Å². The predicted octanol–water partition coefficient (Wildman–Crippen LogP) is 3.21. The highest BCUT2D eigenvalue weighted by Crippen LogP contribution is 2.47. The zero-order chi connectivity index (χ0) is 25.3. The van der Waals surface area contributed by atoms with Gasteiger partial charge in [0.25, 0.3) is 5.69 Å². The van der Waals surface area contributed by atoms with Gasteiger partial charge >= 0.3 is 11.9 Å². The van der Waals surface area contributed by atoms with Crippen LogP contribution in [-0.4, -0.2) is 55.1 Å². The van der Waals surface area contributed by atoms with Crippen molar-refractivity contribution in [2.75, 3.05) is 20.8 Å². The summed E-state index contributed by atoms with van der Waals surface area (Å²) in [7, 11) is 2.54. The second-order valence-electron chi connectivity index (χ2n) is 9.39. The normalized spacial score (nSPS) is 28.2. The maximum absolute atomic E-state index is 13.2. The fraction of sp³-hybridized carbons (Fsp3) is 0.583. The lowest BCUT2D eigenvalue weighted by Crippen LogP contribution is -2.58. The second kappa shape index (κ2) is 9.71. The Kier molecular flexibility index (Phi) is 7.32. The van der Waals surface area contributed by atoms with E-state index in [4.69, 9.17) is 18.9 Å². The number of hydrogen-bond donors (Lipinski definition) is 1. The molecule has 1 fully saturated rings. The number of nitro benzene ring substituents is 1. The lowest BCUT2D eigenvalue weighted by atomic mass is 9.65. The van der Waals surface area contributed by atoms with Crippen molar-refractivity contribution in [3.05, 3.63) is 51.2 Å². The Hall–Kier alpha value is -2.98. The molecular weight excluding hydrogens is 444 g/mol. The Morgan fingerprint density at radius 1 is 1.24 bits per heavy atom. The number of rotatable bonds is 7. The Balaban J connectivity index is 2.09. The first-order valence-electron chi connectivity index (χ1n) is 11.1. The molecule has 1 aromatic carbocycles. The smallest absolute Gasteiger partial charge is 0.336 e. The third kappa shape index (κ3) is 5.07. The van der Waals surface area contributed by atoms with Crippen LogP contribution in [0.2, 0.25) is 0 Å². The largest absolute Gasteiger partial charge is 0.469 e. The van der Waals surface area contributed by atoms with Gasteiger partial charge in [-0.15, -0.1) is 0 Å². The van der Waals surface area contributed by atoms with Crippen LogP contribution in [0.1, 0.15) is 52.0 Å². The first-order chi connectivity index (χ1) is 15.9. The van der Waals surface area contributed by atoms with E-state index >= 15 is 0 Å². The number of non-ortho nitro benzene ring substituents is 1. The number of ether oxygens (including phenoxy) is 4. The molecule has 2 aliphatic rings. The van der Waals surface area contributed by atoms with Crippen LogP contribution in [0.5, 0.6) is 0 Å². The number of esters is 2. The summed E-state index contributed by atoms with van der Waals surface area (Å²) in [6.07, 6.45) is 0.922. The maximum atomic E-state index is 13.2. The Labute approximate surface area is 198 Å². The molecule has 1 N–H and O–H groups in total. The zero-order valence-corrected chi connectivity index (χ0v) is 20.4. The van der Waals surface area contributed by atoms with E-state index in [1.165, 1.54) is 32.4 Å². The summed E-state index contributed by atoms with van der Waals surface area (Å²) in [6.45, 7) is 7.75. The van der Waals surface area contributed by atoms with Gasteiger partial charge in [-0.1, -0.05) is 12.1 Å². The molecule has 0 radical (unpaired) electrons. The average Bonchev–Trinajstić information content (AvgIpc) is 3.15. The molecule has 0 saturated carbocycles. The van der Waals surface area contributed by atoms with Crippen LogP contribution in [0, 0.1) is 16.0 Å². The van der Waals surface area contributed by atoms with Crippen molar-refractivity contribution < 1.29 is 33.5 Å². The number of methoxy groups -OCH3 is 2. The van der Waals surface area contributed by atoms with E-state index in [2.05, 4.69) is 5.32 Å². The van der Waals surface area contributed by atoms with Gasteiger partial charge in [0.15, 0.2) is 5.79 Å². The van der Waals surface area contributed by atoms with E-state index in [9.17, 15) is 19.7 Å². The first-order valence-corrected chi connectivity index (χ1v) is 11.1. The molecule has 10 nitrogen and oxygen atoms in total. The maximum Gasteiger partial charge on any atom is 0.336 e. The highest BCUT2D eigenvalue weighted by Gasteiger charge is 2.52. The predicted molar refractivity (Wildman–Crippen MR) is 122 cm³/mol. The Bertz CT molecular complexity index is 1000. The number of carbonyl (C=O) groups excluding carboxylic acids is 2. The number of nitrogens with zero attached hydrogens (tertiary/aromatic N) is 1. The number of nitrogens with one attached hydrogen (secondary N) is 1. The molecular formula is C24H32N2O8. The molecule has 4 atom stereocenters. The van der Waals surface area contributed by atoms with Crippen molar-refractivity contribution in [1.29, 1.82) is 0 Å². The second-order valence-corrected chi connectivity index (χ2v) is 9.39. The fourth-order valence-corrected chi connectivity index (χ4v) is 5.03. The van der Waals surface area contributed by atoms with Gasteiger partial charge in [-0.2, -0.15) is 0 Å². The van der Waals surface area contributed by atoms with Crippen molar-refractivity contribution in [3.8, 4) is 0 Å². The summed E-state index contributed by atoms with van der Waals surface area (Å²) < 4.78 is 21.8. The third-order valence-corrected chi connectivity index (χ3v) is 6.56. The molecule has 0 aliphatic carbocycles. The molecule has 10 heteroatoms. The number of benzene rings is 1. The summed E-state index contributed by atoms with van der Waals surface area (Å²) in [5.41, 5.74) is 0.244. The molecule has 186 valence electrons. The van der Waals surface area contributed by atoms with E-state index in [0.29, 0.717) is 30.7 Å². The summed E-state index contributed by atoms with van der Waals surface area (Å²) in [6, 6.07) is 5.96. The van der Waals surface area contributed by atoms with Gasteiger partial charge in [-0.3, -0.25) is 14.9 Å². The SMILES string of the molecule is COC(=O)C1=C(C)NC(C)(CCC2COC(C)(C)O2)C(C(=O)OC)C1c1cccc([N+](=O)[O-])c1. The molecule has 2 heterocycles. The molecule has 1 aromatic rings. The number of hydrogen-bond acceptors (Lipinski definition) is 9. The quantitative estimate of drug-likeness (QED) is 0.358. The van der Waals surface area contributed by atoms with E-state index in [1.54, 1.807) is 13.0 Å². The third-order valence-electron chi connectivity index (χ3n) is 6.56. The molecule has 3 rings (SSSR count). The van der Waals surface area contributed by atoms with Crippen LogP contribution in [0.4, 0.5) is 5.69 Å². The van der Waals surface area contributed by atoms with Crippen molar-refractivity contribution in [1.82, 2.24) is 5.32 Å². The number of allylic oxidation sites excluding steroid dienone is 1. The van der Waals surface area contributed by atoms with Crippen LogP contribution in [-0.2, 0) is 28.5 Å². The van der Waals surface area contributed by atoms with Gasteiger partial charge in [0.1, 0.15) is 0 Å². The molecule has 0 bridgehead atoms.